The number of nitrogens with zero attached hydrogens (tertiary/aromatic N) is 2. The molecule has 4 nitrogen and oxygen atoms in total. The molecule has 2 heterocycles. The number of benzene rings is 2. The molecular weight excluding hydrogens is 384 g/mol. The Bertz CT molecular complexity index is 869. The van der Waals surface area contributed by atoms with Crippen molar-refractivity contribution in [1.82, 2.24) is 9.80 Å². The molecule has 1 saturated heterocycles. The minimum absolute atomic E-state index is 0.182. The van der Waals surface area contributed by atoms with Gasteiger partial charge in [0, 0.05) is 31.7 Å². The van der Waals surface area contributed by atoms with Gasteiger partial charge in [0.05, 0.1) is 0 Å². The molecule has 0 saturated carbocycles. The number of ether oxygens (including phenoxy) is 1. The molecule has 0 bridgehead atoms. The van der Waals surface area contributed by atoms with Crippen molar-refractivity contribution < 1.29 is 9.53 Å². The highest BCUT2D eigenvalue weighted by molar-refractivity contribution is 5.94. The topological polar surface area (TPSA) is 32.8 Å². The van der Waals surface area contributed by atoms with Crippen molar-refractivity contribution in [2.75, 3.05) is 39.8 Å². The Kier molecular flexibility index (Phi) is 6.96. The lowest BCUT2D eigenvalue weighted by Crippen LogP contribution is -2.48. The monoisotopic (exact) mass is 420 g/mol. The van der Waals surface area contributed by atoms with Crippen LogP contribution in [0.4, 0.5) is 0 Å². The second-order valence-corrected chi connectivity index (χ2v) is 9.56. The van der Waals surface area contributed by atoms with Gasteiger partial charge in [-0.05, 0) is 75.3 Å². The van der Waals surface area contributed by atoms with Crippen molar-refractivity contribution in [2.24, 2.45) is 5.41 Å². The number of fused-ring (bicyclic) bond motifs is 1. The highest BCUT2D eigenvalue weighted by Gasteiger charge is 2.36. The number of amides is 1. The van der Waals surface area contributed by atoms with Crippen LogP contribution in [0.25, 0.3) is 0 Å². The summed E-state index contributed by atoms with van der Waals surface area (Å²) in [5, 5.41) is 0. The van der Waals surface area contributed by atoms with Crippen molar-refractivity contribution in [3.05, 3.63) is 65.2 Å². The van der Waals surface area contributed by atoms with Gasteiger partial charge >= 0.3 is 0 Å². The van der Waals surface area contributed by atoms with Gasteiger partial charge < -0.3 is 14.5 Å². The SMILES string of the molecule is Cc1ccc(C(=O)N2CCC3(CCCCc4ccccc4OCCN(C)C3)CC2)cc1. The fraction of sp³-hybridized carbons (Fsp3) is 0.519. The van der Waals surface area contributed by atoms with E-state index in [0.717, 1.165) is 63.4 Å². The summed E-state index contributed by atoms with van der Waals surface area (Å²) in [6.45, 7) is 6.52. The molecule has 0 aromatic heterocycles. The van der Waals surface area contributed by atoms with Crippen molar-refractivity contribution in [3.8, 4) is 5.75 Å². The van der Waals surface area contributed by atoms with Gasteiger partial charge in [0.2, 0.25) is 0 Å². The number of likely N-dealkylation sites (tertiary alicyclic amines) is 1. The molecule has 1 spiro atoms. The summed E-state index contributed by atoms with van der Waals surface area (Å²) in [4.78, 5) is 17.5. The van der Waals surface area contributed by atoms with Crippen LogP contribution in [0.15, 0.2) is 48.5 Å². The van der Waals surface area contributed by atoms with E-state index >= 15 is 0 Å². The van der Waals surface area contributed by atoms with E-state index in [1.165, 1.54) is 30.4 Å². The molecule has 31 heavy (non-hydrogen) atoms. The number of rotatable bonds is 1. The number of carbonyl (C=O) groups excluding carboxylic acids is 1. The molecule has 0 unspecified atom stereocenters. The second-order valence-electron chi connectivity index (χ2n) is 9.56. The van der Waals surface area contributed by atoms with Crippen LogP contribution >= 0.6 is 0 Å². The summed E-state index contributed by atoms with van der Waals surface area (Å²) in [5.41, 5.74) is 3.64. The first-order valence-corrected chi connectivity index (χ1v) is 11.8. The first kappa shape index (κ1) is 21.9. The van der Waals surface area contributed by atoms with Crippen LogP contribution in [-0.2, 0) is 6.42 Å². The predicted molar refractivity (Wildman–Crippen MR) is 126 cm³/mol. The van der Waals surface area contributed by atoms with Gasteiger partial charge in [0.15, 0.2) is 0 Å². The van der Waals surface area contributed by atoms with Crippen LogP contribution in [0.3, 0.4) is 0 Å². The lowest BCUT2D eigenvalue weighted by atomic mass is 9.73. The number of carbonyl (C=O) groups is 1. The maximum Gasteiger partial charge on any atom is 0.253 e. The molecule has 1 amide bonds. The predicted octanol–water partition coefficient (Wildman–Crippen LogP) is 4.95. The maximum absolute atomic E-state index is 13.0. The van der Waals surface area contributed by atoms with Gasteiger partial charge in [-0.25, -0.2) is 0 Å². The molecular formula is C27H36N2O2. The number of likely N-dealkylation sites (N-methyl/N-ethyl adjacent to an activating group) is 1. The van der Waals surface area contributed by atoms with Gasteiger partial charge in [-0.15, -0.1) is 0 Å². The molecule has 4 heteroatoms. The lowest BCUT2D eigenvalue weighted by molar-refractivity contribution is 0.0425. The summed E-state index contributed by atoms with van der Waals surface area (Å²) in [7, 11) is 2.21. The van der Waals surface area contributed by atoms with Crippen molar-refractivity contribution >= 4 is 5.91 Å². The van der Waals surface area contributed by atoms with Gasteiger partial charge in [0.25, 0.3) is 5.91 Å². The van der Waals surface area contributed by atoms with Crippen LogP contribution in [-0.4, -0.2) is 55.5 Å². The molecule has 2 aliphatic rings. The molecule has 2 aliphatic heterocycles. The number of hydrogen-bond acceptors (Lipinski definition) is 3. The molecule has 0 N–H and O–H groups in total. The third kappa shape index (κ3) is 5.48. The van der Waals surface area contributed by atoms with E-state index in [1.807, 2.05) is 24.3 Å². The van der Waals surface area contributed by atoms with E-state index in [1.54, 1.807) is 0 Å². The zero-order chi connectivity index (χ0) is 21.7. The molecule has 2 aromatic carbocycles. The largest absolute Gasteiger partial charge is 0.492 e. The number of para-hydroxylation sites is 1. The molecule has 166 valence electrons. The van der Waals surface area contributed by atoms with Gasteiger partial charge in [-0.3, -0.25) is 4.79 Å². The van der Waals surface area contributed by atoms with E-state index in [4.69, 9.17) is 4.74 Å². The number of aryl methyl sites for hydroxylation is 2. The van der Waals surface area contributed by atoms with Gasteiger partial charge in [-0.2, -0.15) is 0 Å². The third-order valence-corrected chi connectivity index (χ3v) is 7.12. The van der Waals surface area contributed by atoms with Crippen LogP contribution < -0.4 is 4.74 Å². The Balaban J connectivity index is 1.40. The second kappa shape index (κ2) is 9.86. The molecule has 4 rings (SSSR count). The molecule has 2 aromatic rings. The fourth-order valence-corrected chi connectivity index (χ4v) is 5.18. The van der Waals surface area contributed by atoms with Crippen LogP contribution in [0.5, 0.6) is 5.75 Å². The molecule has 0 aliphatic carbocycles. The number of hydrogen-bond donors (Lipinski definition) is 0. The Hall–Kier alpha value is -2.33. The Morgan fingerprint density at radius 2 is 1.68 bits per heavy atom. The van der Waals surface area contributed by atoms with Gasteiger partial charge in [-0.1, -0.05) is 42.3 Å². The highest BCUT2D eigenvalue weighted by atomic mass is 16.5. The van der Waals surface area contributed by atoms with Crippen molar-refractivity contribution in [1.29, 1.82) is 0 Å². The number of piperidine rings is 1. The van der Waals surface area contributed by atoms with E-state index in [-0.39, 0.29) is 5.91 Å². The first-order chi connectivity index (χ1) is 15.0. The standard InChI is InChI=1S/C27H36N2O2/c1-22-10-12-24(13-11-22)26(30)29-17-15-27(16-18-29)14-6-5-8-23-7-3-4-9-25(23)31-20-19-28(2)21-27/h3-4,7,9-13H,5-6,8,14-21H2,1-2H3. The fourth-order valence-electron chi connectivity index (χ4n) is 5.18. The zero-order valence-corrected chi connectivity index (χ0v) is 19.1. The average Bonchev–Trinajstić information content (AvgIpc) is 2.77. The van der Waals surface area contributed by atoms with Crippen LogP contribution in [0.2, 0.25) is 0 Å². The van der Waals surface area contributed by atoms with Crippen molar-refractivity contribution in [3.63, 3.8) is 0 Å². The lowest BCUT2D eigenvalue weighted by Gasteiger charge is -2.44. The minimum atomic E-state index is 0.182. The quantitative estimate of drug-likeness (QED) is 0.654. The maximum atomic E-state index is 13.0. The zero-order valence-electron chi connectivity index (χ0n) is 19.1. The van der Waals surface area contributed by atoms with Gasteiger partial charge in [0.1, 0.15) is 12.4 Å². The first-order valence-electron chi connectivity index (χ1n) is 11.8. The van der Waals surface area contributed by atoms with Crippen LogP contribution in [0, 0.1) is 12.3 Å². The minimum Gasteiger partial charge on any atom is -0.492 e. The van der Waals surface area contributed by atoms with Crippen molar-refractivity contribution in [2.45, 2.75) is 45.4 Å². The molecule has 1 fully saturated rings. The molecule has 0 atom stereocenters. The van der Waals surface area contributed by atoms with E-state index in [2.05, 4.69) is 48.0 Å². The Labute approximate surface area is 187 Å². The highest BCUT2D eigenvalue weighted by Crippen LogP contribution is 2.38. The Morgan fingerprint density at radius 1 is 0.935 bits per heavy atom. The van der Waals surface area contributed by atoms with E-state index in [9.17, 15) is 4.79 Å². The summed E-state index contributed by atoms with van der Waals surface area (Å²) in [5.74, 6) is 1.23. The summed E-state index contributed by atoms with van der Waals surface area (Å²) in [6, 6.07) is 16.5. The normalized spacial score (nSPS) is 20.3. The van der Waals surface area contributed by atoms with E-state index < -0.39 is 0 Å². The smallest absolute Gasteiger partial charge is 0.253 e. The Morgan fingerprint density at radius 3 is 2.45 bits per heavy atom. The van der Waals surface area contributed by atoms with E-state index in [0.29, 0.717) is 5.41 Å². The summed E-state index contributed by atoms with van der Waals surface area (Å²) in [6.07, 6.45) is 6.93. The summed E-state index contributed by atoms with van der Waals surface area (Å²) >= 11 is 0. The third-order valence-electron chi connectivity index (χ3n) is 7.12. The van der Waals surface area contributed by atoms with Crippen LogP contribution in [0.1, 0.15) is 53.6 Å². The average molecular weight is 421 g/mol. The summed E-state index contributed by atoms with van der Waals surface area (Å²) < 4.78 is 6.12. The molecule has 0 radical (unpaired) electrons.